The van der Waals surface area contributed by atoms with Crippen LogP contribution in [0.1, 0.15) is 10.4 Å². The van der Waals surface area contributed by atoms with Crippen molar-refractivity contribution in [3.05, 3.63) is 59.9 Å². The number of benzene rings is 2. The van der Waals surface area contributed by atoms with Gasteiger partial charge in [-0.25, -0.2) is 9.18 Å². The lowest BCUT2D eigenvalue weighted by atomic mass is 10.2. The highest BCUT2D eigenvalue weighted by Gasteiger charge is 2.10. The molecule has 2 aromatic carbocycles. The Balaban J connectivity index is 2.17. The predicted molar refractivity (Wildman–Crippen MR) is 59.5 cm³/mol. The van der Waals surface area contributed by atoms with Crippen molar-refractivity contribution in [2.24, 2.45) is 0 Å². The van der Waals surface area contributed by atoms with E-state index in [4.69, 9.17) is 4.74 Å². The highest BCUT2D eigenvalue weighted by molar-refractivity contribution is 5.91. The molecule has 0 spiro atoms. The fraction of sp³-hybridized carbons (Fsp3) is 0. The summed E-state index contributed by atoms with van der Waals surface area (Å²) < 4.78 is 17.6. The number of halogens is 1. The van der Waals surface area contributed by atoms with E-state index in [1.165, 1.54) is 36.4 Å². The number of carbonyl (C=O) groups excluding carboxylic acids is 1. The Kier molecular flexibility index (Phi) is 3.05. The SMILES string of the molecule is O=C(Oc1ccccc1O)c1ccc(F)cc1. The van der Waals surface area contributed by atoms with Gasteiger partial charge in [-0.3, -0.25) is 0 Å². The van der Waals surface area contributed by atoms with Gasteiger partial charge >= 0.3 is 5.97 Å². The Morgan fingerprint density at radius 2 is 1.71 bits per heavy atom. The van der Waals surface area contributed by atoms with E-state index in [0.29, 0.717) is 0 Å². The van der Waals surface area contributed by atoms with Gasteiger partial charge in [-0.1, -0.05) is 12.1 Å². The molecule has 0 bridgehead atoms. The summed E-state index contributed by atoms with van der Waals surface area (Å²) >= 11 is 0. The van der Waals surface area contributed by atoms with Crippen LogP contribution in [0.2, 0.25) is 0 Å². The summed E-state index contributed by atoms with van der Waals surface area (Å²) in [6, 6.07) is 11.1. The predicted octanol–water partition coefficient (Wildman–Crippen LogP) is 2.75. The lowest BCUT2D eigenvalue weighted by molar-refractivity contribution is 0.0729. The Labute approximate surface area is 97.1 Å². The van der Waals surface area contributed by atoms with Crippen LogP contribution in [0.5, 0.6) is 11.5 Å². The van der Waals surface area contributed by atoms with Gasteiger partial charge in [-0.15, -0.1) is 0 Å². The molecule has 0 heterocycles. The summed E-state index contributed by atoms with van der Waals surface area (Å²) in [5.74, 6) is -1.12. The molecule has 3 nitrogen and oxygen atoms in total. The molecule has 0 radical (unpaired) electrons. The van der Waals surface area contributed by atoms with Gasteiger partial charge < -0.3 is 9.84 Å². The first-order valence-corrected chi connectivity index (χ1v) is 4.92. The number of esters is 1. The number of para-hydroxylation sites is 2. The third-order valence-corrected chi connectivity index (χ3v) is 2.15. The molecule has 0 aliphatic carbocycles. The van der Waals surface area contributed by atoms with E-state index in [2.05, 4.69) is 0 Å². The number of phenols is 1. The molecule has 2 aromatic rings. The number of ether oxygens (including phenoxy) is 1. The Bertz CT molecular complexity index is 535. The summed E-state index contributed by atoms with van der Waals surface area (Å²) in [5.41, 5.74) is 0.217. The van der Waals surface area contributed by atoms with Crippen molar-refractivity contribution in [3.8, 4) is 11.5 Å². The zero-order valence-corrected chi connectivity index (χ0v) is 8.76. The number of rotatable bonds is 2. The molecule has 0 aliphatic rings. The molecule has 0 aromatic heterocycles. The van der Waals surface area contributed by atoms with Crippen molar-refractivity contribution in [1.82, 2.24) is 0 Å². The molecule has 0 unspecified atom stereocenters. The highest BCUT2D eigenvalue weighted by Crippen LogP contribution is 2.25. The van der Waals surface area contributed by atoms with Crippen LogP contribution in [0.4, 0.5) is 4.39 Å². The monoisotopic (exact) mass is 232 g/mol. The van der Waals surface area contributed by atoms with Gasteiger partial charge in [0, 0.05) is 0 Å². The minimum atomic E-state index is -0.647. The molecule has 86 valence electrons. The third kappa shape index (κ3) is 2.60. The summed E-state index contributed by atoms with van der Waals surface area (Å²) in [6.07, 6.45) is 0. The van der Waals surface area contributed by atoms with E-state index in [0.717, 1.165) is 0 Å². The maximum absolute atomic E-state index is 12.6. The van der Waals surface area contributed by atoms with E-state index in [1.807, 2.05) is 0 Å². The molecule has 0 saturated carbocycles. The summed E-state index contributed by atoms with van der Waals surface area (Å²) in [7, 11) is 0. The smallest absolute Gasteiger partial charge is 0.343 e. The van der Waals surface area contributed by atoms with Crippen LogP contribution in [-0.2, 0) is 0 Å². The summed E-state index contributed by atoms with van der Waals surface area (Å²) in [5, 5.41) is 9.41. The van der Waals surface area contributed by atoms with Gasteiger partial charge in [-0.05, 0) is 36.4 Å². The average molecular weight is 232 g/mol. The number of aromatic hydroxyl groups is 1. The molecule has 1 N–H and O–H groups in total. The summed E-state index contributed by atoms with van der Waals surface area (Å²) in [6.45, 7) is 0. The molecule has 4 heteroatoms. The van der Waals surface area contributed by atoms with Gasteiger partial charge in [0.25, 0.3) is 0 Å². The standard InChI is InChI=1S/C13H9FO3/c14-10-7-5-9(6-8-10)13(16)17-12-4-2-1-3-11(12)15/h1-8,15H. The van der Waals surface area contributed by atoms with Crippen molar-refractivity contribution in [2.45, 2.75) is 0 Å². The average Bonchev–Trinajstić information content (AvgIpc) is 2.33. The number of carbonyl (C=O) groups is 1. The molecule has 0 fully saturated rings. The quantitative estimate of drug-likeness (QED) is 0.639. The van der Waals surface area contributed by atoms with Gasteiger partial charge in [-0.2, -0.15) is 0 Å². The molecule has 17 heavy (non-hydrogen) atoms. The van der Waals surface area contributed by atoms with Crippen LogP contribution in [0.25, 0.3) is 0 Å². The van der Waals surface area contributed by atoms with Crippen molar-refractivity contribution >= 4 is 5.97 Å². The second kappa shape index (κ2) is 4.65. The fourth-order valence-electron chi connectivity index (χ4n) is 1.29. The lowest BCUT2D eigenvalue weighted by Gasteiger charge is -2.05. The minimum absolute atomic E-state index is 0.0711. The minimum Gasteiger partial charge on any atom is -0.504 e. The maximum Gasteiger partial charge on any atom is 0.343 e. The van der Waals surface area contributed by atoms with E-state index >= 15 is 0 Å². The molecule has 0 aliphatic heterocycles. The van der Waals surface area contributed by atoms with Crippen LogP contribution in [0.15, 0.2) is 48.5 Å². The second-order valence-corrected chi connectivity index (χ2v) is 3.36. The molecular weight excluding hydrogens is 223 g/mol. The van der Waals surface area contributed by atoms with Gasteiger partial charge in [0.05, 0.1) is 5.56 Å². The zero-order chi connectivity index (χ0) is 12.3. The largest absolute Gasteiger partial charge is 0.504 e. The normalized spacial score (nSPS) is 9.94. The number of hydrogen-bond acceptors (Lipinski definition) is 3. The maximum atomic E-state index is 12.6. The van der Waals surface area contributed by atoms with Crippen molar-refractivity contribution in [1.29, 1.82) is 0 Å². The van der Waals surface area contributed by atoms with Gasteiger partial charge in [0.15, 0.2) is 11.5 Å². The zero-order valence-electron chi connectivity index (χ0n) is 8.76. The molecule has 0 atom stereocenters. The van der Waals surface area contributed by atoms with Crippen molar-refractivity contribution < 1.29 is 19.0 Å². The van der Waals surface area contributed by atoms with Crippen molar-refractivity contribution in [3.63, 3.8) is 0 Å². The molecule has 2 rings (SSSR count). The lowest BCUT2D eigenvalue weighted by Crippen LogP contribution is -2.08. The van der Waals surface area contributed by atoms with E-state index in [1.54, 1.807) is 12.1 Å². The summed E-state index contributed by atoms with van der Waals surface area (Å²) in [4.78, 5) is 11.6. The highest BCUT2D eigenvalue weighted by atomic mass is 19.1. The first kappa shape index (κ1) is 11.1. The van der Waals surface area contributed by atoms with E-state index < -0.39 is 11.8 Å². The first-order chi connectivity index (χ1) is 8.16. The second-order valence-electron chi connectivity index (χ2n) is 3.36. The number of hydrogen-bond donors (Lipinski definition) is 1. The Morgan fingerprint density at radius 3 is 2.35 bits per heavy atom. The van der Waals surface area contributed by atoms with Crippen LogP contribution >= 0.6 is 0 Å². The fourth-order valence-corrected chi connectivity index (χ4v) is 1.29. The van der Waals surface area contributed by atoms with Crippen LogP contribution in [-0.4, -0.2) is 11.1 Å². The van der Waals surface area contributed by atoms with Crippen LogP contribution < -0.4 is 4.74 Å². The van der Waals surface area contributed by atoms with Crippen LogP contribution in [0, 0.1) is 5.82 Å². The van der Waals surface area contributed by atoms with Crippen molar-refractivity contribution in [2.75, 3.05) is 0 Å². The van der Waals surface area contributed by atoms with Gasteiger partial charge in [0.2, 0.25) is 0 Å². The third-order valence-electron chi connectivity index (χ3n) is 2.15. The Hall–Kier alpha value is -2.36. The first-order valence-electron chi connectivity index (χ1n) is 4.92. The Morgan fingerprint density at radius 1 is 1.06 bits per heavy atom. The topological polar surface area (TPSA) is 46.5 Å². The van der Waals surface area contributed by atoms with Crippen LogP contribution in [0.3, 0.4) is 0 Å². The van der Waals surface area contributed by atoms with Gasteiger partial charge in [0.1, 0.15) is 5.82 Å². The molecule has 0 amide bonds. The number of phenolic OH excluding ortho intramolecular Hbond substituents is 1. The molecule has 0 saturated heterocycles. The van der Waals surface area contributed by atoms with E-state index in [-0.39, 0.29) is 17.1 Å². The molecular formula is C13H9FO3. The van der Waals surface area contributed by atoms with E-state index in [9.17, 15) is 14.3 Å².